The van der Waals surface area contributed by atoms with Crippen molar-refractivity contribution in [3.63, 3.8) is 0 Å². The van der Waals surface area contributed by atoms with Gasteiger partial charge in [0.05, 0.1) is 12.0 Å². The minimum Gasteiger partial charge on any atom is -0.348 e. The first-order valence-electron chi connectivity index (χ1n) is 7.28. The van der Waals surface area contributed by atoms with Gasteiger partial charge in [-0.1, -0.05) is 40.7 Å². The Morgan fingerprint density at radius 2 is 2.05 bits per heavy atom. The summed E-state index contributed by atoms with van der Waals surface area (Å²) in [5.74, 6) is 0.330. The molecule has 0 aromatic carbocycles. The fourth-order valence-corrected chi connectivity index (χ4v) is 3.28. The Morgan fingerprint density at radius 3 is 2.45 bits per heavy atom. The number of hydrogen-bond acceptors (Lipinski definition) is 3. The Kier molecular flexibility index (Phi) is 6.21. The molecule has 0 aliphatic carbocycles. The minimum absolute atomic E-state index is 0.0783. The first-order chi connectivity index (χ1) is 9.24. The third-order valence-corrected chi connectivity index (χ3v) is 4.28. The predicted molar refractivity (Wildman–Crippen MR) is 86.7 cm³/mol. The lowest BCUT2D eigenvalue weighted by Gasteiger charge is -2.28. The van der Waals surface area contributed by atoms with Crippen molar-refractivity contribution >= 4 is 17.2 Å². The molecule has 2 unspecified atom stereocenters. The van der Waals surface area contributed by atoms with E-state index in [4.69, 9.17) is 5.73 Å². The van der Waals surface area contributed by atoms with Gasteiger partial charge < -0.3 is 11.1 Å². The standard InChI is InChI=1S/C16H28N2OS/c1-11(2)14(13-7-6-8-20-13)18-15(19)12(10-17)9-16(3,4)5/h6-8,11-12,14H,9-10,17H2,1-5H3,(H,18,19). The van der Waals surface area contributed by atoms with Gasteiger partial charge in [-0.2, -0.15) is 0 Å². The summed E-state index contributed by atoms with van der Waals surface area (Å²) in [4.78, 5) is 13.7. The summed E-state index contributed by atoms with van der Waals surface area (Å²) < 4.78 is 0. The maximum Gasteiger partial charge on any atom is 0.224 e. The molecule has 0 bridgehead atoms. The molecule has 3 N–H and O–H groups in total. The van der Waals surface area contributed by atoms with Gasteiger partial charge in [-0.05, 0) is 29.2 Å². The van der Waals surface area contributed by atoms with Crippen LogP contribution in [0, 0.1) is 17.3 Å². The Labute approximate surface area is 127 Å². The molecule has 4 heteroatoms. The molecule has 0 fully saturated rings. The molecule has 114 valence electrons. The van der Waals surface area contributed by atoms with Crippen LogP contribution in [0.5, 0.6) is 0 Å². The quantitative estimate of drug-likeness (QED) is 0.843. The lowest BCUT2D eigenvalue weighted by molar-refractivity contribution is -0.126. The Bertz CT molecular complexity index is 407. The van der Waals surface area contributed by atoms with Crippen LogP contribution in [-0.2, 0) is 4.79 Å². The normalized spacial score (nSPS) is 15.2. The molecule has 0 spiro atoms. The predicted octanol–water partition coefficient (Wildman–Crippen LogP) is 3.57. The molecule has 0 saturated carbocycles. The second kappa shape index (κ2) is 7.23. The smallest absolute Gasteiger partial charge is 0.224 e. The van der Waals surface area contributed by atoms with E-state index in [1.54, 1.807) is 11.3 Å². The van der Waals surface area contributed by atoms with Crippen molar-refractivity contribution in [2.45, 2.75) is 47.1 Å². The number of amides is 1. The maximum atomic E-state index is 12.5. The van der Waals surface area contributed by atoms with Crippen LogP contribution < -0.4 is 11.1 Å². The van der Waals surface area contributed by atoms with Gasteiger partial charge >= 0.3 is 0 Å². The molecule has 0 aliphatic heterocycles. The molecule has 0 saturated heterocycles. The van der Waals surface area contributed by atoms with Gasteiger partial charge in [0.2, 0.25) is 5.91 Å². The van der Waals surface area contributed by atoms with Crippen LogP contribution in [0.15, 0.2) is 17.5 Å². The van der Waals surface area contributed by atoms with Crippen LogP contribution in [0.3, 0.4) is 0 Å². The summed E-state index contributed by atoms with van der Waals surface area (Å²) in [6.07, 6.45) is 0.810. The monoisotopic (exact) mass is 296 g/mol. The van der Waals surface area contributed by atoms with Crippen molar-refractivity contribution in [3.8, 4) is 0 Å². The fraction of sp³-hybridized carbons (Fsp3) is 0.688. The molecule has 0 radical (unpaired) electrons. The van der Waals surface area contributed by atoms with Gasteiger partial charge in [-0.25, -0.2) is 0 Å². The van der Waals surface area contributed by atoms with E-state index in [0.29, 0.717) is 12.5 Å². The molecule has 2 atom stereocenters. The highest BCUT2D eigenvalue weighted by atomic mass is 32.1. The lowest BCUT2D eigenvalue weighted by Crippen LogP contribution is -2.40. The summed E-state index contributed by atoms with van der Waals surface area (Å²) in [5, 5.41) is 5.23. The Hall–Kier alpha value is -0.870. The van der Waals surface area contributed by atoms with Gasteiger partial charge in [0.25, 0.3) is 0 Å². The molecular formula is C16H28N2OS. The highest BCUT2D eigenvalue weighted by Gasteiger charge is 2.27. The SMILES string of the molecule is CC(C)C(NC(=O)C(CN)CC(C)(C)C)c1cccs1. The number of rotatable bonds is 6. The van der Waals surface area contributed by atoms with Crippen molar-refractivity contribution in [1.82, 2.24) is 5.32 Å². The van der Waals surface area contributed by atoms with Crippen molar-refractivity contribution in [2.24, 2.45) is 23.0 Å². The molecule has 3 nitrogen and oxygen atoms in total. The molecule has 1 rings (SSSR count). The van der Waals surface area contributed by atoms with Crippen LogP contribution in [0.1, 0.15) is 52.0 Å². The third kappa shape index (κ3) is 5.25. The molecule has 1 aromatic heterocycles. The first kappa shape index (κ1) is 17.2. The first-order valence-corrected chi connectivity index (χ1v) is 8.16. The van der Waals surface area contributed by atoms with E-state index >= 15 is 0 Å². The zero-order chi connectivity index (χ0) is 15.3. The summed E-state index contributed by atoms with van der Waals surface area (Å²) in [5.41, 5.74) is 5.90. The van der Waals surface area contributed by atoms with Crippen LogP contribution >= 0.6 is 11.3 Å². The number of hydrogen-bond donors (Lipinski definition) is 2. The molecule has 0 aliphatic rings. The molecule has 1 amide bonds. The third-order valence-electron chi connectivity index (χ3n) is 3.33. The summed E-state index contributed by atoms with van der Waals surface area (Å²) in [6.45, 7) is 11.1. The molecule has 1 aromatic rings. The van der Waals surface area contributed by atoms with Crippen molar-refractivity contribution in [1.29, 1.82) is 0 Å². The highest BCUT2D eigenvalue weighted by Crippen LogP contribution is 2.28. The number of carbonyl (C=O) groups excluding carboxylic acids is 1. The molecule has 20 heavy (non-hydrogen) atoms. The largest absolute Gasteiger partial charge is 0.348 e. The van der Waals surface area contributed by atoms with E-state index in [1.165, 1.54) is 4.88 Å². The van der Waals surface area contributed by atoms with E-state index in [9.17, 15) is 4.79 Å². The van der Waals surface area contributed by atoms with Crippen LogP contribution in [0.4, 0.5) is 0 Å². The maximum absolute atomic E-state index is 12.5. The van der Waals surface area contributed by atoms with Crippen LogP contribution in [0.2, 0.25) is 0 Å². The lowest BCUT2D eigenvalue weighted by atomic mass is 9.84. The minimum atomic E-state index is -0.115. The van der Waals surface area contributed by atoms with Crippen LogP contribution in [0.25, 0.3) is 0 Å². The fourth-order valence-electron chi connectivity index (χ4n) is 2.33. The highest BCUT2D eigenvalue weighted by molar-refractivity contribution is 7.10. The van der Waals surface area contributed by atoms with E-state index in [2.05, 4.69) is 46.0 Å². The zero-order valence-electron chi connectivity index (χ0n) is 13.3. The van der Waals surface area contributed by atoms with E-state index in [-0.39, 0.29) is 23.3 Å². The van der Waals surface area contributed by atoms with E-state index < -0.39 is 0 Å². The number of nitrogens with two attached hydrogens (primary N) is 1. The van der Waals surface area contributed by atoms with Crippen molar-refractivity contribution in [2.75, 3.05) is 6.54 Å². The molecular weight excluding hydrogens is 268 g/mol. The van der Waals surface area contributed by atoms with Crippen molar-refractivity contribution in [3.05, 3.63) is 22.4 Å². The summed E-state index contributed by atoms with van der Waals surface area (Å²) >= 11 is 1.69. The van der Waals surface area contributed by atoms with Gasteiger partial charge in [-0.3, -0.25) is 4.79 Å². The van der Waals surface area contributed by atoms with Crippen LogP contribution in [-0.4, -0.2) is 12.5 Å². The molecule has 1 heterocycles. The second-order valence-corrected chi connectivity index (χ2v) is 7.92. The number of nitrogens with one attached hydrogen (secondary N) is 1. The average molecular weight is 296 g/mol. The topological polar surface area (TPSA) is 55.1 Å². The van der Waals surface area contributed by atoms with Gasteiger partial charge in [0.15, 0.2) is 0 Å². The van der Waals surface area contributed by atoms with E-state index in [1.807, 2.05) is 11.4 Å². The van der Waals surface area contributed by atoms with Gasteiger partial charge in [0.1, 0.15) is 0 Å². The number of carbonyl (C=O) groups is 1. The number of thiophene rings is 1. The van der Waals surface area contributed by atoms with Crippen molar-refractivity contribution < 1.29 is 4.79 Å². The Balaban J connectivity index is 2.75. The van der Waals surface area contributed by atoms with Gasteiger partial charge in [0, 0.05) is 11.4 Å². The summed E-state index contributed by atoms with van der Waals surface area (Å²) in [7, 11) is 0. The van der Waals surface area contributed by atoms with E-state index in [0.717, 1.165) is 6.42 Å². The van der Waals surface area contributed by atoms with Gasteiger partial charge in [-0.15, -0.1) is 11.3 Å². The average Bonchev–Trinajstić information content (AvgIpc) is 2.84. The second-order valence-electron chi connectivity index (χ2n) is 6.94. The Morgan fingerprint density at radius 1 is 1.40 bits per heavy atom. The summed E-state index contributed by atoms with van der Waals surface area (Å²) in [6, 6.07) is 4.19. The zero-order valence-corrected chi connectivity index (χ0v) is 14.1.